The molecule has 0 atom stereocenters. The van der Waals surface area contributed by atoms with Crippen molar-refractivity contribution in [3.63, 3.8) is 0 Å². The van der Waals surface area contributed by atoms with Crippen LogP contribution in [0.2, 0.25) is 0 Å². The SMILES string of the molecule is CC.NCCSCc1ccccc1. The smallest absolute Gasteiger partial charge is 0.0185 e. The van der Waals surface area contributed by atoms with Gasteiger partial charge in [0.1, 0.15) is 0 Å². The molecule has 0 fully saturated rings. The minimum absolute atomic E-state index is 0.775. The van der Waals surface area contributed by atoms with E-state index in [1.54, 1.807) is 0 Å². The fourth-order valence-electron chi connectivity index (χ4n) is 0.848. The van der Waals surface area contributed by atoms with Crippen molar-refractivity contribution in [1.82, 2.24) is 0 Å². The molecule has 2 N–H and O–H groups in total. The molecule has 1 nitrogen and oxygen atoms in total. The molecule has 0 aliphatic heterocycles. The van der Waals surface area contributed by atoms with Gasteiger partial charge in [-0.15, -0.1) is 0 Å². The van der Waals surface area contributed by atoms with Gasteiger partial charge in [-0.2, -0.15) is 11.8 Å². The third-order valence-electron chi connectivity index (χ3n) is 1.37. The molecule has 0 radical (unpaired) electrons. The van der Waals surface area contributed by atoms with E-state index in [1.165, 1.54) is 5.56 Å². The first kappa shape index (κ1) is 12.5. The van der Waals surface area contributed by atoms with Gasteiger partial charge in [-0.25, -0.2) is 0 Å². The Kier molecular flexibility index (Phi) is 9.27. The second-order valence-corrected chi connectivity index (χ2v) is 3.43. The van der Waals surface area contributed by atoms with E-state index in [0.29, 0.717) is 0 Å². The van der Waals surface area contributed by atoms with Crippen molar-refractivity contribution in [2.45, 2.75) is 19.6 Å². The molecule has 0 saturated heterocycles. The number of hydrogen-bond donors (Lipinski definition) is 1. The molecule has 1 aromatic rings. The Bertz CT molecular complexity index is 187. The molecular formula is C11H19NS. The van der Waals surface area contributed by atoms with E-state index in [2.05, 4.69) is 24.3 Å². The third-order valence-corrected chi connectivity index (χ3v) is 2.44. The summed E-state index contributed by atoms with van der Waals surface area (Å²) in [6.07, 6.45) is 0. The van der Waals surface area contributed by atoms with Crippen LogP contribution in [0.25, 0.3) is 0 Å². The number of hydrogen-bond acceptors (Lipinski definition) is 2. The van der Waals surface area contributed by atoms with Crippen LogP contribution in [0.5, 0.6) is 0 Å². The summed E-state index contributed by atoms with van der Waals surface area (Å²) in [5.41, 5.74) is 6.75. The molecule has 0 heterocycles. The number of thioether (sulfide) groups is 1. The molecular weight excluding hydrogens is 178 g/mol. The lowest BCUT2D eigenvalue weighted by Gasteiger charge is -1.98. The lowest BCUT2D eigenvalue weighted by Crippen LogP contribution is -2.01. The fraction of sp³-hybridized carbons (Fsp3) is 0.455. The van der Waals surface area contributed by atoms with Gasteiger partial charge in [0, 0.05) is 18.1 Å². The van der Waals surface area contributed by atoms with Crippen molar-refractivity contribution in [2.75, 3.05) is 12.3 Å². The van der Waals surface area contributed by atoms with Gasteiger partial charge < -0.3 is 5.73 Å². The van der Waals surface area contributed by atoms with E-state index in [1.807, 2.05) is 31.7 Å². The Morgan fingerprint density at radius 1 is 1.15 bits per heavy atom. The zero-order chi connectivity index (χ0) is 9.94. The highest BCUT2D eigenvalue weighted by molar-refractivity contribution is 7.98. The molecule has 1 aromatic carbocycles. The van der Waals surface area contributed by atoms with Gasteiger partial charge in [-0.3, -0.25) is 0 Å². The summed E-state index contributed by atoms with van der Waals surface area (Å²) in [5.74, 6) is 2.13. The first-order valence-electron chi connectivity index (χ1n) is 4.75. The average Bonchev–Trinajstić information content (AvgIpc) is 2.23. The first-order valence-corrected chi connectivity index (χ1v) is 5.90. The van der Waals surface area contributed by atoms with E-state index in [4.69, 9.17) is 5.73 Å². The van der Waals surface area contributed by atoms with Crippen molar-refractivity contribution in [1.29, 1.82) is 0 Å². The van der Waals surface area contributed by atoms with Gasteiger partial charge in [0.15, 0.2) is 0 Å². The quantitative estimate of drug-likeness (QED) is 0.751. The predicted octanol–water partition coefficient (Wildman–Crippen LogP) is 2.90. The van der Waals surface area contributed by atoms with Crippen LogP contribution in [0.15, 0.2) is 30.3 Å². The van der Waals surface area contributed by atoms with Gasteiger partial charge in [0.2, 0.25) is 0 Å². The van der Waals surface area contributed by atoms with Crippen molar-refractivity contribution in [2.24, 2.45) is 5.73 Å². The zero-order valence-corrected chi connectivity index (χ0v) is 9.31. The predicted molar refractivity (Wildman–Crippen MR) is 63.0 cm³/mol. The molecule has 0 spiro atoms. The summed E-state index contributed by atoms with van der Waals surface area (Å²) in [7, 11) is 0. The summed E-state index contributed by atoms with van der Waals surface area (Å²) in [6, 6.07) is 10.5. The monoisotopic (exact) mass is 197 g/mol. The molecule has 0 aliphatic carbocycles. The number of nitrogens with two attached hydrogens (primary N) is 1. The van der Waals surface area contributed by atoms with Crippen LogP contribution < -0.4 is 5.73 Å². The van der Waals surface area contributed by atoms with Crippen LogP contribution >= 0.6 is 11.8 Å². The van der Waals surface area contributed by atoms with Gasteiger partial charge in [-0.05, 0) is 5.56 Å². The minimum Gasteiger partial charge on any atom is -0.330 e. The molecule has 0 bridgehead atoms. The largest absolute Gasteiger partial charge is 0.330 e. The van der Waals surface area contributed by atoms with Crippen molar-refractivity contribution in [3.05, 3.63) is 35.9 Å². The van der Waals surface area contributed by atoms with E-state index in [0.717, 1.165) is 18.1 Å². The fourth-order valence-corrected chi connectivity index (χ4v) is 1.59. The standard InChI is InChI=1S/C9H13NS.C2H6/c10-6-7-11-8-9-4-2-1-3-5-9;1-2/h1-5H,6-8,10H2;1-2H3. The summed E-state index contributed by atoms with van der Waals surface area (Å²) < 4.78 is 0. The van der Waals surface area contributed by atoms with E-state index in [9.17, 15) is 0 Å². The summed E-state index contributed by atoms with van der Waals surface area (Å²) in [5, 5.41) is 0. The van der Waals surface area contributed by atoms with Crippen LogP contribution in [0.1, 0.15) is 19.4 Å². The zero-order valence-electron chi connectivity index (χ0n) is 8.49. The van der Waals surface area contributed by atoms with Gasteiger partial charge >= 0.3 is 0 Å². The maximum absolute atomic E-state index is 5.37. The van der Waals surface area contributed by atoms with Gasteiger partial charge in [-0.1, -0.05) is 44.2 Å². The Morgan fingerprint density at radius 2 is 1.77 bits per heavy atom. The second-order valence-electron chi connectivity index (χ2n) is 2.33. The molecule has 0 aromatic heterocycles. The van der Waals surface area contributed by atoms with Crippen LogP contribution in [0, 0.1) is 0 Å². The van der Waals surface area contributed by atoms with Gasteiger partial charge in [0.25, 0.3) is 0 Å². The molecule has 0 amide bonds. The first-order chi connectivity index (χ1) is 6.43. The Balaban J connectivity index is 0.000000671. The van der Waals surface area contributed by atoms with Crippen LogP contribution in [-0.2, 0) is 5.75 Å². The van der Waals surface area contributed by atoms with E-state index >= 15 is 0 Å². The highest BCUT2D eigenvalue weighted by Gasteiger charge is 1.89. The third kappa shape index (κ3) is 6.67. The second kappa shape index (κ2) is 9.62. The maximum atomic E-state index is 5.37. The maximum Gasteiger partial charge on any atom is 0.0185 e. The molecule has 74 valence electrons. The summed E-state index contributed by atoms with van der Waals surface area (Å²) in [4.78, 5) is 0. The van der Waals surface area contributed by atoms with Crippen LogP contribution in [0.3, 0.4) is 0 Å². The Hall–Kier alpha value is -0.470. The Labute approximate surface area is 85.7 Å². The number of benzene rings is 1. The normalized spacial score (nSPS) is 8.85. The minimum atomic E-state index is 0.775. The molecule has 0 aliphatic rings. The molecule has 2 heteroatoms. The number of rotatable bonds is 4. The van der Waals surface area contributed by atoms with Crippen molar-refractivity contribution in [3.8, 4) is 0 Å². The van der Waals surface area contributed by atoms with Crippen molar-refractivity contribution >= 4 is 11.8 Å². The lowest BCUT2D eigenvalue weighted by molar-refractivity contribution is 1.15. The summed E-state index contributed by atoms with van der Waals surface area (Å²) >= 11 is 1.88. The van der Waals surface area contributed by atoms with Gasteiger partial charge in [0.05, 0.1) is 0 Å². The molecule has 1 rings (SSSR count). The summed E-state index contributed by atoms with van der Waals surface area (Å²) in [6.45, 7) is 4.78. The van der Waals surface area contributed by atoms with E-state index < -0.39 is 0 Å². The average molecular weight is 197 g/mol. The Morgan fingerprint density at radius 3 is 2.31 bits per heavy atom. The van der Waals surface area contributed by atoms with Crippen LogP contribution in [-0.4, -0.2) is 12.3 Å². The molecule has 13 heavy (non-hydrogen) atoms. The molecule has 0 unspecified atom stereocenters. The van der Waals surface area contributed by atoms with E-state index in [-0.39, 0.29) is 0 Å². The van der Waals surface area contributed by atoms with Crippen molar-refractivity contribution < 1.29 is 0 Å². The van der Waals surface area contributed by atoms with Crippen LogP contribution in [0.4, 0.5) is 0 Å². The topological polar surface area (TPSA) is 26.0 Å². The highest BCUT2D eigenvalue weighted by atomic mass is 32.2. The molecule has 0 saturated carbocycles. The lowest BCUT2D eigenvalue weighted by atomic mass is 10.2. The highest BCUT2D eigenvalue weighted by Crippen LogP contribution is 2.09.